The normalized spacial score (nSPS) is 12.9. The summed E-state index contributed by atoms with van der Waals surface area (Å²) in [4.78, 5) is 0. The van der Waals surface area contributed by atoms with Gasteiger partial charge in [-0.1, -0.05) is 39.0 Å². The third-order valence-electron chi connectivity index (χ3n) is 3.24. The number of hydrogen-bond acceptors (Lipinski definition) is 3. The average Bonchev–Trinajstić information content (AvgIpc) is 2.34. The fourth-order valence-corrected chi connectivity index (χ4v) is 2.13. The van der Waals surface area contributed by atoms with Gasteiger partial charge in [-0.3, -0.25) is 0 Å². The van der Waals surface area contributed by atoms with Crippen molar-refractivity contribution >= 4 is 0 Å². The van der Waals surface area contributed by atoms with Gasteiger partial charge in [0.1, 0.15) is 0 Å². The van der Waals surface area contributed by atoms with Crippen LogP contribution in [0.15, 0.2) is 0 Å². The molecule has 17 heavy (non-hydrogen) atoms. The summed E-state index contributed by atoms with van der Waals surface area (Å²) in [6, 6.07) is 0.583. The fourth-order valence-electron chi connectivity index (χ4n) is 2.13. The molecule has 0 spiro atoms. The Balaban J connectivity index is 3.34. The first-order valence-electron chi connectivity index (χ1n) is 7.48. The predicted molar refractivity (Wildman–Crippen MR) is 77.1 cm³/mol. The molecule has 0 saturated carbocycles. The van der Waals surface area contributed by atoms with E-state index in [1.165, 1.54) is 44.9 Å². The monoisotopic (exact) mass is 243 g/mol. The molecule has 5 N–H and O–H groups in total. The van der Waals surface area contributed by atoms with Gasteiger partial charge in [0.05, 0.1) is 0 Å². The van der Waals surface area contributed by atoms with Gasteiger partial charge in [-0.25, -0.2) is 0 Å². The Labute approximate surface area is 108 Å². The molecule has 0 radical (unpaired) electrons. The van der Waals surface area contributed by atoms with Gasteiger partial charge in [0.25, 0.3) is 0 Å². The van der Waals surface area contributed by atoms with E-state index in [1.54, 1.807) is 0 Å². The summed E-state index contributed by atoms with van der Waals surface area (Å²) < 4.78 is 0. The molecule has 1 unspecified atom stereocenters. The summed E-state index contributed by atoms with van der Waals surface area (Å²) in [5.74, 6) is 0. The Kier molecular flexibility index (Phi) is 13.8. The second-order valence-corrected chi connectivity index (χ2v) is 4.93. The van der Waals surface area contributed by atoms with E-state index in [0.717, 1.165) is 32.5 Å². The van der Waals surface area contributed by atoms with Crippen LogP contribution in [-0.2, 0) is 0 Å². The van der Waals surface area contributed by atoms with E-state index in [9.17, 15) is 0 Å². The number of rotatable bonds is 13. The van der Waals surface area contributed by atoms with E-state index in [0.29, 0.717) is 6.04 Å². The molecular formula is C14H33N3. The van der Waals surface area contributed by atoms with Crippen molar-refractivity contribution in [1.82, 2.24) is 5.32 Å². The summed E-state index contributed by atoms with van der Waals surface area (Å²) >= 11 is 0. The third kappa shape index (κ3) is 12.1. The maximum Gasteiger partial charge on any atom is 0.00795 e. The molecular weight excluding hydrogens is 210 g/mol. The summed E-state index contributed by atoms with van der Waals surface area (Å²) in [7, 11) is 0. The SMILES string of the molecule is CCCCCCCCNC(CCN)CCCN. The predicted octanol–water partition coefficient (Wildman–Crippen LogP) is 2.39. The van der Waals surface area contributed by atoms with Crippen molar-refractivity contribution in [3.8, 4) is 0 Å². The van der Waals surface area contributed by atoms with Crippen LogP contribution in [0.3, 0.4) is 0 Å². The molecule has 0 saturated heterocycles. The molecule has 0 aliphatic rings. The highest BCUT2D eigenvalue weighted by atomic mass is 14.9. The zero-order chi connectivity index (χ0) is 12.8. The second kappa shape index (κ2) is 13.9. The largest absolute Gasteiger partial charge is 0.330 e. The van der Waals surface area contributed by atoms with Crippen molar-refractivity contribution in [3.05, 3.63) is 0 Å². The van der Waals surface area contributed by atoms with Crippen molar-refractivity contribution in [1.29, 1.82) is 0 Å². The molecule has 0 aliphatic carbocycles. The lowest BCUT2D eigenvalue weighted by Gasteiger charge is -2.17. The summed E-state index contributed by atoms with van der Waals surface area (Å²) in [5.41, 5.74) is 11.2. The number of nitrogens with one attached hydrogen (secondary N) is 1. The highest BCUT2D eigenvalue weighted by molar-refractivity contribution is 4.67. The third-order valence-corrected chi connectivity index (χ3v) is 3.24. The second-order valence-electron chi connectivity index (χ2n) is 4.93. The van der Waals surface area contributed by atoms with Crippen molar-refractivity contribution in [2.45, 2.75) is 70.8 Å². The van der Waals surface area contributed by atoms with Crippen LogP contribution in [0, 0.1) is 0 Å². The molecule has 0 aromatic heterocycles. The van der Waals surface area contributed by atoms with Crippen LogP contribution in [0.25, 0.3) is 0 Å². The minimum Gasteiger partial charge on any atom is -0.330 e. The van der Waals surface area contributed by atoms with Gasteiger partial charge in [-0.15, -0.1) is 0 Å². The van der Waals surface area contributed by atoms with Crippen molar-refractivity contribution in [2.75, 3.05) is 19.6 Å². The molecule has 0 fully saturated rings. The highest BCUT2D eigenvalue weighted by Crippen LogP contribution is 2.05. The summed E-state index contributed by atoms with van der Waals surface area (Å²) in [6.07, 6.45) is 11.5. The standard InChI is InChI=1S/C14H33N3/c1-2-3-4-5-6-7-13-17-14(10-12-16)9-8-11-15/h14,17H,2-13,15-16H2,1H3. The molecule has 0 heterocycles. The quantitative estimate of drug-likeness (QED) is 0.435. The lowest BCUT2D eigenvalue weighted by Crippen LogP contribution is -2.32. The van der Waals surface area contributed by atoms with E-state index in [2.05, 4.69) is 12.2 Å². The van der Waals surface area contributed by atoms with Crippen LogP contribution >= 0.6 is 0 Å². The van der Waals surface area contributed by atoms with Gasteiger partial charge >= 0.3 is 0 Å². The average molecular weight is 243 g/mol. The zero-order valence-corrected chi connectivity index (χ0v) is 11.7. The molecule has 0 aromatic rings. The van der Waals surface area contributed by atoms with Gasteiger partial charge in [-0.2, -0.15) is 0 Å². The molecule has 0 amide bonds. The Bertz CT molecular complexity index is 139. The first-order valence-corrected chi connectivity index (χ1v) is 7.48. The van der Waals surface area contributed by atoms with E-state index in [1.807, 2.05) is 0 Å². The molecule has 0 rings (SSSR count). The Morgan fingerprint density at radius 1 is 0.824 bits per heavy atom. The molecule has 0 aromatic carbocycles. The van der Waals surface area contributed by atoms with Crippen LogP contribution in [0.5, 0.6) is 0 Å². The molecule has 3 nitrogen and oxygen atoms in total. The topological polar surface area (TPSA) is 64.1 Å². The van der Waals surface area contributed by atoms with Crippen molar-refractivity contribution in [3.63, 3.8) is 0 Å². The van der Waals surface area contributed by atoms with Crippen LogP contribution in [0.1, 0.15) is 64.7 Å². The number of nitrogens with two attached hydrogens (primary N) is 2. The van der Waals surface area contributed by atoms with Gasteiger partial charge in [0.15, 0.2) is 0 Å². The minimum absolute atomic E-state index is 0.583. The number of hydrogen-bond donors (Lipinski definition) is 3. The fraction of sp³-hybridized carbons (Fsp3) is 1.00. The maximum atomic E-state index is 5.62. The van der Waals surface area contributed by atoms with Crippen LogP contribution in [0.2, 0.25) is 0 Å². The summed E-state index contributed by atoms with van der Waals surface area (Å²) in [5, 5.41) is 3.61. The van der Waals surface area contributed by atoms with E-state index in [4.69, 9.17) is 11.5 Å². The van der Waals surface area contributed by atoms with Gasteiger partial charge in [0, 0.05) is 6.04 Å². The van der Waals surface area contributed by atoms with Gasteiger partial charge in [-0.05, 0) is 45.3 Å². The molecule has 3 heteroatoms. The molecule has 1 atom stereocenters. The smallest absolute Gasteiger partial charge is 0.00795 e. The first kappa shape index (κ1) is 16.9. The lowest BCUT2D eigenvalue weighted by atomic mass is 10.1. The molecule has 104 valence electrons. The highest BCUT2D eigenvalue weighted by Gasteiger charge is 2.05. The van der Waals surface area contributed by atoms with Crippen LogP contribution in [0.4, 0.5) is 0 Å². The van der Waals surface area contributed by atoms with Crippen LogP contribution < -0.4 is 16.8 Å². The number of unbranched alkanes of at least 4 members (excludes halogenated alkanes) is 5. The van der Waals surface area contributed by atoms with Gasteiger partial charge < -0.3 is 16.8 Å². The Morgan fingerprint density at radius 3 is 2.18 bits per heavy atom. The van der Waals surface area contributed by atoms with Crippen LogP contribution in [-0.4, -0.2) is 25.7 Å². The van der Waals surface area contributed by atoms with E-state index >= 15 is 0 Å². The molecule has 0 bridgehead atoms. The maximum absolute atomic E-state index is 5.62. The lowest BCUT2D eigenvalue weighted by molar-refractivity contribution is 0.437. The Hall–Kier alpha value is -0.120. The first-order chi connectivity index (χ1) is 8.35. The van der Waals surface area contributed by atoms with Crippen molar-refractivity contribution < 1.29 is 0 Å². The van der Waals surface area contributed by atoms with Gasteiger partial charge in [0.2, 0.25) is 0 Å². The zero-order valence-electron chi connectivity index (χ0n) is 11.7. The minimum atomic E-state index is 0.583. The van der Waals surface area contributed by atoms with E-state index < -0.39 is 0 Å². The Morgan fingerprint density at radius 2 is 1.53 bits per heavy atom. The van der Waals surface area contributed by atoms with Crippen molar-refractivity contribution in [2.24, 2.45) is 11.5 Å². The molecule has 0 aliphatic heterocycles. The van der Waals surface area contributed by atoms with E-state index in [-0.39, 0.29) is 0 Å². The summed E-state index contributed by atoms with van der Waals surface area (Å²) in [6.45, 7) is 4.97.